The number of rotatable bonds is 7. The predicted molar refractivity (Wildman–Crippen MR) is 125 cm³/mol. The second-order valence-electron chi connectivity index (χ2n) is 12.7. The van der Waals surface area contributed by atoms with Crippen LogP contribution in [0.15, 0.2) is 0 Å². The maximum atomic E-state index is 11.6. The van der Waals surface area contributed by atoms with Crippen molar-refractivity contribution in [3.8, 4) is 0 Å². The molecule has 4 fully saturated rings. The molecule has 0 aliphatic heterocycles. The zero-order chi connectivity index (χ0) is 23.3. The summed E-state index contributed by atoms with van der Waals surface area (Å²) in [6, 6.07) is 0. The van der Waals surface area contributed by atoms with Gasteiger partial charge in [-0.15, -0.1) is 0 Å². The van der Waals surface area contributed by atoms with E-state index in [1.165, 1.54) is 0 Å². The molecule has 0 aromatic rings. The highest BCUT2D eigenvalue weighted by Crippen LogP contribution is 2.68. The summed E-state index contributed by atoms with van der Waals surface area (Å²) in [4.78, 5) is 0. The van der Waals surface area contributed by atoms with Crippen LogP contribution in [0.2, 0.25) is 0 Å². The monoisotopic (exact) mass is 452 g/mol. The zero-order valence-electron chi connectivity index (χ0n) is 20.5. The third-order valence-corrected chi connectivity index (χ3v) is 11.3. The van der Waals surface area contributed by atoms with Gasteiger partial charge in [0.05, 0.1) is 18.3 Å². The quantitative estimate of drug-likeness (QED) is 0.408. The lowest BCUT2D eigenvalue weighted by atomic mass is 9.43. The number of hydrogen-bond acceptors (Lipinski definition) is 5. The molecule has 0 unspecified atom stereocenters. The van der Waals surface area contributed by atoms with Crippen molar-refractivity contribution in [1.29, 1.82) is 0 Å². The van der Waals surface area contributed by atoms with Crippen molar-refractivity contribution in [2.75, 3.05) is 13.2 Å². The van der Waals surface area contributed by atoms with E-state index < -0.39 is 0 Å². The van der Waals surface area contributed by atoms with Gasteiger partial charge in [0, 0.05) is 19.1 Å². The molecule has 4 aliphatic rings. The fourth-order valence-corrected chi connectivity index (χ4v) is 9.30. The maximum absolute atomic E-state index is 11.6. The Morgan fingerprint density at radius 2 is 1.59 bits per heavy atom. The molecule has 32 heavy (non-hydrogen) atoms. The van der Waals surface area contributed by atoms with E-state index in [9.17, 15) is 25.5 Å². The molecule has 186 valence electrons. The van der Waals surface area contributed by atoms with Gasteiger partial charge in [-0.05, 0) is 97.7 Å². The summed E-state index contributed by atoms with van der Waals surface area (Å²) in [6.45, 7) is 7.11. The van der Waals surface area contributed by atoms with Crippen LogP contribution in [0.1, 0.15) is 85.0 Å². The normalized spacial score (nSPS) is 49.4. The van der Waals surface area contributed by atoms with E-state index >= 15 is 0 Å². The van der Waals surface area contributed by atoms with E-state index in [1.807, 2.05) is 0 Å². The standard InChI is InChI=1S/C27H48O5/c1-16(5-4-6-17(14-28)15-29)20-7-8-21-25-22(13-24(32)27(20,21)3)26(2)10-9-19(30)11-18(26)12-23(25)31/h16-25,28-32H,4-15H2,1-3H3/t16-,18+,19+,20+,21-,22-,23+,24-,25-,26-,27+/m0/s1. The van der Waals surface area contributed by atoms with Crippen LogP contribution in [0.3, 0.4) is 0 Å². The molecule has 5 heteroatoms. The third kappa shape index (κ3) is 3.98. The minimum atomic E-state index is -0.332. The summed E-state index contributed by atoms with van der Waals surface area (Å²) in [5.74, 6) is 2.27. The van der Waals surface area contributed by atoms with Crippen LogP contribution in [-0.4, -0.2) is 57.1 Å². The van der Waals surface area contributed by atoms with E-state index in [4.69, 9.17) is 0 Å². The van der Waals surface area contributed by atoms with Crippen molar-refractivity contribution in [1.82, 2.24) is 0 Å². The number of aliphatic hydroxyl groups excluding tert-OH is 5. The first-order valence-corrected chi connectivity index (χ1v) is 13.4. The largest absolute Gasteiger partial charge is 0.396 e. The van der Waals surface area contributed by atoms with Gasteiger partial charge in [-0.1, -0.05) is 33.6 Å². The van der Waals surface area contributed by atoms with E-state index in [-0.39, 0.29) is 54.2 Å². The number of aliphatic hydroxyl groups is 5. The predicted octanol–water partition coefficient (Wildman–Crippen LogP) is 3.36. The molecule has 4 aliphatic carbocycles. The van der Waals surface area contributed by atoms with Gasteiger partial charge in [-0.25, -0.2) is 0 Å². The van der Waals surface area contributed by atoms with Crippen LogP contribution in [-0.2, 0) is 0 Å². The van der Waals surface area contributed by atoms with Crippen LogP contribution in [0.25, 0.3) is 0 Å². The van der Waals surface area contributed by atoms with Gasteiger partial charge < -0.3 is 25.5 Å². The van der Waals surface area contributed by atoms with E-state index in [0.29, 0.717) is 29.6 Å². The molecule has 11 atom stereocenters. The van der Waals surface area contributed by atoms with E-state index in [1.54, 1.807) is 0 Å². The second kappa shape index (κ2) is 9.45. The van der Waals surface area contributed by atoms with Crippen molar-refractivity contribution in [3.63, 3.8) is 0 Å². The van der Waals surface area contributed by atoms with Crippen molar-refractivity contribution in [2.45, 2.75) is 103 Å². The molecule has 5 N–H and O–H groups in total. The van der Waals surface area contributed by atoms with E-state index in [0.717, 1.165) is 64.2 Å². The zero-order valence-corrected chi connectivity index (χ0v) is 20.5. The highest BCUT2D eigenvalue weighted by atomic mass is 16.3. The summed E-state index contributed by atoms with van der Waals surface area (Å²) in [6.07, 6.45) is 8.51. The Labute approximate surface area is 194 Å². The first kappa shape index (κ1) is 24.9. The topological polar surface area (TPSA) is 101 Å². The maximum Gasteiger partial charge on any atom is 0.0602 e. The Morgan fingerprint density at radius 3 is 2.28 bits per heavy atom. The van der Waals surface area contributed by atoms with Gasteiger partial charge in [-0.2, -0.15) is 0 Å². The molecule has 4 rings (SSSR count). The molecule has 0 radical (unpaired) electrons. The molecular formula is C27H48O5. The van der Waals surface area contributed by atoms with Gasteiger partial charge in [0.15, 0.2) is 0 Å². The molecule has 0 bridgehead atoms. The Balaban J connectivity index is 1.50. The molecule has 0 amide bonds. The fourth-order valence-electron chi connectivity index (χ4n) is 9.30. The molecular weight excluding hydrogens is 404 g/mol. The SMILES string of the molecule is C[C@@H](CCCC(CO)CO)[C@H]1CC[C@H]2[C@@H]3[C@H](O)C[C@H]4C[C@H](O)CC[C@]4(C)[C@H]3C[C@H](O)[C@]12C. The van der Waals surface area contributed by atoms with Crippen LogP contribution < -0.4 is 0 Å². The molecule has 0 aromatic heterocycles. The van der Waals surface area contributed by atoms with Crippen molar-refractivity contribution in [2.24, 2.45) is 52.3 Å². The summed E-state index contributed by atoms with van der Waals surface area (Å²) in [5.41, 5.74) is -0.0228. The highest BCUT2D eigenvalue weighted by molar-refractivity contribution is 5.14. The molecule has 0 saturated heterocycles. The first-order valence-electron chi connectivity index (χ1n) is 13.4. The highest BCUT2D eigenvalue weighted by Gasteiger charge is 2.65. The minimum Gasteiger partial charge on any atom is -0.396 e. The van der Waals surface area contributed by atoms with Crippen LogP contribution >= 0.6 is 0 Å². The first-order chi connectivity index (χ1) is 15.2. The Bertz CT molecular complexity index is 638. The lowest BCUT2D eigenvalue weighted by Crippen LogP contribution is -2.62. The second-order valence-corrected chi connectivity index (χ2v) is 12.7. The molecule has 4 saturated carbocycles. The van der Waals surface area contributed by atoms with Crippen LogP contribution in [0.5, 0.6) is 0 Å². The fraction of sp³-hybridized carbons (Fsp3) is 1.00. The summed E-state index contributed by atoms with van der Waals surface area (Å²) in [5, 5.41) is 52.0. The summed E-state index contributed by atoms with van der Waals surface area (Å²) < 4.78 is 0. The smallest absolute Gasteiger partial charge is 0.0602 e. The summed E-state index contributed by atoms with van der Waals surface area (Å²) >= 11 is 0. The average molecular weight is 453 g/mol. The molecule has 0 aromatic carbocycles. The van der Waals surface area contributed by atoms with Gasteiger partial charge in [-0.3, -0.25) is 0 Å². The lowest BCUT2D eigenvalue weighted by molar-refractivity contribution is -0.207. The van der Waals surface area contributed by atoms with Crippen molar-refractivity contribution >= 4 is 0 Å². The van der Waals surface area contributed by atoms with Crippen LogP contribution in [0.4, 0.5) is 0 Å². The Morgan fingerprint density at radius 1 is 0.875 bits per heavy atom. The van der Waals surface area contributed by atoms with Crippen LogP contribution in [0, 0.1) is 52.3 Å². The Hall–Kier alpha value is -0.200. The lowest BCUT2D eigenvalue weighted by Gasteiger charge is -2.63. The number of fused-ring (bicyclic) bond motifs is 5. The van der Waals surface area contributed by atoms with Gasteiger partial charge >= 0.3 is 0 Å². The Kier molecular flexibility index (Phi) is 7.36. The van der Waals surface area contributed by atoms with Gasteiger partial charge in [0.25, 0.3) is 0 Å². The minimum absolute atomic E-state index is 0.0183. The summed E-state index contributed by atoms with van der Waals surface area (Å²) in [7, 11) is 0. The van der Waals surface area contributed by atoms with Crippen molar-refractivity contribution in [3.05, 3.63) is 0 Å². The van der Waals surface area contributed by atoms with Crippen molar-refractivity contribution < 1.29 is 25.5 Å². The third-order valence-electron chi connectivity index (χ3n) is 11.3. The molecule has 5 nitrogen and oxygen atoms in total. The number of hydrogen-bond donors (Lipinski definition) is 5. The molecule has 0 heterocycles. The molecule has 0 spiro atoms. The van der Waals surface area contributed by atoms with Gasteiger partial charge in [0.1, 0.15) is 0 Å². The van der Waals surface area contributed by atoms with E-state index in [2.05, 4.69) is 20.8 Å². The average Bonchev–Trinajstić information content (AvgIpc) is 3.12. The van der Waals surface area contributed by atoms with Gasteiger partial charge in [0.2, 0.25) is 0 Å².